The molecule has 0 unspecified atom stereocenters. The van der Waals surface area contributed by atoms with E-state index >= 15 is 0 Å². The summed E-state index contributed by atoms with van der Waals surface area (Å²) in [4.78, 5) is 9.16. The van der Waals surface area contributed by atoms with E-state index < -0.39 is 0 Å². The van der Waals surface area contributed by atoms with Gasteiger partial charge in [-0.25, -0.2) is 9.97 Å². The Morgan fingerprint density at radius 1 is 0.577 bits per heavy atom. The van der Waals surface area contributed by atoms with E-state index in [-0.39, 0.29) is 0 Å². The van der Waals surface area contributed by atoms with Gasteiger partial charge < -0.3 is 8.83 Å². The second kappa shape index (κ2) is 6.07. The SMILES string of the molecule is Brc1ccc(-c2nc3cc4oc(-c5ccc(Br)cc5)nc4cc3o2)cc1. The van der Waals surface area contributed by atoms with Crippen molar-refractivity contribution in [3.05, 3.63) is 69.6 Å². The number of benzene rings is 3. The summed E-state index contributed by atoms with van der Waals surface area (Å²) in [5.41, 5.74) is 4.70. The fraction of sp³-hybridized carbons (Fsp3) is 0. The number of rotatable bonds is 2. The molecule has 3 aromatic carbocycles. The molecule has 2 heterocycles. The fourth-order valence-electron chi connectivity index (χ4n) is 2.78. The third kappa shape index (κ3) is 2.75. The van der Waals surface area contributed by atoms with E-state index in [2.05, 4.69) is 41.8 Å². The Bertz CT molecular complexity index is 1090. The maximum absolute atomic E-state index is 5.92. The first-order valence-electron chi connectivity index (χ1n) is 7.89. The summed E-state index contributed by atoms with van der Waals surface area (Å²) >= 11 is 6.87. The monoisotopic (exact) mass is 468 g/mol. The third-order valence-corrected chi connectivity index (χ3v) is 5.14. The van der Waals surface area contributed by atoms with Gasteiger partial charge in [0.25, 0.3) is 0 Å². The zero-order valence-electron chi connectivity index (χ0n) is 13.2. The van der Waals surface area contributed by atoms with Crippen LogP contribution < -0.4 is 0 Å². The largest absolute Gasteiger partial charge is 0.436 e. The molecule has 5 aromatic rings. The maximum atomic E-state index is 5.92. The Labute approximate surface area is 165 Å². The molecule has 0 aliphatic heterocycles. The van der Waals surface area contributed by atoms with E-state index in [9.17, 15) is 0 Å². The predicted octanol–water partition coefficient (Wildman–Crippen LogP) is 6.83. The minimum Gasteiger partial charge on any atom is -0.436 e. The molecule has 0 saturated heterocycles. The second-order valence-electron chi connectivity index (χ2n) is 5.84. The molecule has 26 heavy (non-hydrogen) atoms. The summed E-state index contributed by atoms with van der Waals surface area (Å²) in [6.07, 6.45) is 0. The minimum absolute atomic E-state index is 0.577. The number of aromatic nitrogens is 2. The first-order valence-corrected chi connectivity index (χ1v) is 9.47. The molecule has 5 rings (SSSR count). The van der Waals surface area contributed by atoms with Gasteiger partial charge in [0, 0.05) is 32.2 Å². The molecule has 0 radical (unpaired) electrons. The van der Waals surface area contributed by atoms with Gasteiger partial charge in [0.1, 0.15) is 11.0 Å². The highest BCUT2D eigenvalue weighted by atomic mass is 79.9. The van der Waals surface area contributed by atoms with Crippen molar-refractivity contribution in [2.45, 2.75) is 0 Å². The maximum Gasteiger partial charge on any atom is 0.227 e. The zero-order valence-corrected chi connectivity index (χ0v) is 16.4. The van der Waals surface area contributed by atoms with E-state index in [0.29, 0.717) is 22.9 Å². The highest BCUT2D eigenvalue weighted by Crippen LogP contribution is 2.31. The van der Waals surface area contributed by atoms with E-state index in [1.807, 2.05) is 60.7 Å². The van der Waals surface area contributed by atoms with Crippen molar-refractivity contribution in [3.63, 3.8) is 0 Å². The smallest absolute Gasteiger partial charge is 0.227 e. The van der Waals surface area contributed by atoms with Gasteiger partial charge in [-0.05, 0) is 48.5 Å². The molecule has 0 bridgehead atoms. The topological polar surface area (TPSA) is 52.1 Å². The van der Waals surface area contributed by atoms with Gasteiger partial charge in [-0.3, -0.25) is 0 Å². The number of halogens is 2. The summed E-state index contributed by atoms with van der Waals surface area (Å²) in [5, 5.41) is 0. The summed E-state index contributed by atoms with van der Waals surface area (Å²) in [6.45, 7) is 0. The van der Waals surface area contributed by atoms with Crippen molar-refractivity contribution < 1.29 is 8.83 Å². The van der Waals surface area contributed by atoms with Crippen LogP contribution in [0.4, 0.5) is 0 Å². The predicted molar refractivity (Wildman–Crippen MR) is 108 cm³/mol. The van der Waals surface area contributed by atoms with Crippen molar-refractivity contribution in [1.29, 1.82) is 0 Å². The van der Waals surface area contributed by atoms with Gasteiger partial charge in [-0.15, -0.1) is 0 Å². The quantitative estimate of drug-likeness (QED) is 0.284. The van der Waals surface area contributed by atoms with Crippen molar-refractivity contribution in [3.8, 4) is 22.9 Å². The molecule has 126 valence electrons. The van der Waals surface area contributed by atoms with Crippen LogP contribution in [0.25, 0.3) is 45.1 Å². The van der Waals surface area contributed by atoms with Gasteiger partial charge in [0.2, 0.25) is 11.8 Å². The van der Waals surface area contributed by atoms with Crippen molar-refractivity contribution >= 4 is 54.1 Å². The lowest BCUT2D eigenvalue weighted by molar-refractivity contribution is 0.618. The lowest BCUT2D eigenvalue weighted by Crippen LogP contribution is -1.75. The van der Waals surface area contributed by atoms with E-state index in [4.69, 9.17) is 8.83 Å². The Hall–Kier alpha value is -2.44. The number of fused-ring (bicyclic) bond motifs is 2. The molecule has 0 aliphatic rings. The first-order chi connectivity index (χ1) is 12.7. The van der Waals surface area contributed by atoms with Crippen molar-refractivity contribution in [2.24, 2.45) is 0 Å². The summed E-state index contributed by atoms with van der Waals surface area (Å²) in [5.74, 6) is 1.15. The number of oxazole rings is 2. The average Bonchev–Trinajstić information content (AvgIpc) is 3.23. The highest BCUT2D eigenvalue weighted by molar-refractivity contribution is 9.10. The van der Waals surface area contributed by atoms with Crippen LogP contribution in [-0.4, -0.2) is 9.97 Å². The number of hydrogen-bond donors (Lipinski definition) is 0. The fourth-order valence-corrected chi connectivity index (χ4v) is 3.31. The summed E-state index contributed by atoms with van der Waals surface area (Å²) in [7, 11) is 0. The van der Waals surface area contributed by atoms with Crippen LogP contribution in [0, 0.1) is 0 Å². The van der Waals surface area contributed by atoms with Crippen LogP contribution in [0.3, 0.4) is 0 Å². The normalized spacial score (nSPS) is 11.5. The van der Waals surface area contributed by atoms with Crippen LogP contribution in [0.15, 0.2) is 78.4 Å². The Morgan fingerprint density at radius 3 is 1.35 bits per heavy atom. The van der Waals surface area contributed by atoms with Gasteiger partial charge in [0.05, 0.1) is 0 Å². The summed E-state index contributed by atoms with van der Waals surface area (Å²) < 4.78 is 13.9. The van der Waals surface area contributed by atoms with Crippen LogP contribution in [0.5, 0.6) is 0 Å². The molecule has 0 aliphatic carbocycles. The number of hydrogen-bond acceptors (Lipinski definition) is 4. The summed E-state index contributed by atoms with van der Waals surface area (Å²) in [6, 6.07) is 19.4. The molecule has 0 saturated carbocycles. The standard InChI is InChI=1S/C20H10Br2N2O2/c21-13-5-1-11(2-6-13)19-23-15-9-18-16(10-17(15)25-19)24-20(26-18)12-3-7-14(22)8-4-12/h1-10H. The Morgan fingerprint density at radius 2 is 0.962 bits per heavy atom. The van der Waals surface area contributed by atoms with Crippen LogP contribution in [0.1, 0.15) is 0 Å². The van der Waals surface area contributed by atoms with E-state index in [1.165, 1.54) is 0 Å². The molecule has 0 fully saturated rings. The van der Waals surface area contributed by atoms with Crippen LogP contribution in [-0.2, 0) is 0 Å². The molecule has 0 spiro atoms. The second-order valence-corrected chi connectivity index (χ2v) is 7.67. The first kappa shape index (κ1) is 15.8. The number of nitrogens with zero attached hydrogens (tertiary/aromatic N) is 2. The zero-order chi connectivity index (χ0) is 17.7. The van der Waals surface area contributed by atoms with E-state index in [1.54, 1.807) is 0 Å². The van der Waals surface area contributed by atoms with Gasteiger partial charge in [-0.1, -0.05) is 31.9 Å². The van der Waals surface area contributed by atoms with E-state index in [0.717, 1.165) is 31.1 Å². The van der Waals surface area contributed by atoms with Crippen LogP contribution >= 0.6 is 31.9 Å². The van der Waals surface area contributed by atoms with Crippen molar-refractivity contribution in [1.82, 2.24) is 9.97 Å². The molecule has 6 heteroatoms. The third-order valence-electron chi connectivity index (χ3n) is 4.08. The van der Waals surface area contributed by atoms with Crippen LogP contribution in [0.2, 0.25) is 0 Å². The molecule has 0 atom stereocenters. The van der Waals surface area contributed by atoms with Crippen molar-refractivity contribution in [2.75, 3.05) is 0 Å². The molecule has 0 amide bonds. The minimum atomic E-state index is 0.577. The lowest BCUT2D eigenvalue weighted by Gasteiger charge is -1.94. The van der Waals surface area contributed by atoms with Gasteiger partial charge in [-0.2, -0.15) is 0 Å². The molecular weight excluding hydrogens is 460 g/mol. The lowest BCUT2D eigenvalue weighted by atomic mass is 10.2. The highest BCUT2D eigenvalue weighted by Gasteiger charge is 2.14. The molecule has 0 N–H and O–H groups in total. The van der Waals surface area contributed by atoms with Gasteiger partial charge >= 0.3 is 0 Å². The Kier molecular flexibility index (Phi) is 3.69. The average molecular weight is 470 g/mol. The Balaban J connectivity index is 1.60. The van der Waals surface area contributed by atoms with Gasteiger partial charge in [0.15, 0.2) is 11.2 Å². The molecular formula is C20H10Br2N2O2. The molecule has 4 nitrogen and oxygen atoms in total. The molecule has 2 aromatic heterocycles.